The Morgan fingerprint density at radius 3 is 2.33 bits per heavy atom. The van der Waals surface area contributed by atoms with Crippen molar-refractivity contribution in [2.75, 3.05) is 13.1 Å². The smallest absolute Gasteiger partial charge is 0.240 e. The molecule has 0 saturated heterocycles. The van der Waals surface area contributed by atoms with Crippen molar-refractivity contribution in [1.29, 1.82) is 0 Å². The average molecular weight is 378 g/mol. The summed E-state index contributed by atoms with van der Waals surface area (Å²) in [5.41, 5.74) is 5.28. The molecule has 6 nitrogen and oxygen atoms in total. The predicted molar refractivity (Wildman–Crippen MR) is 98.6 cm³/mol. The van der Waals surface area contributed by atoms with Crippen LogP contribution in [0, 0.1) is 5.92 Å². The van der Waals surface area contributed by atoms with Gasteiger partial charge in [-0.2, -0.15) is 0 Å². The SMILES string of the molecule is CC(C)CC(C)(CN)NC(=O)CCNS(=O)(=O)c1ccccc1.Cl. The lowest BCUT2D eigenvalue weighted by Crippen LogP contribution is -2.52. The topological polar surface area (TPSA) is 101 Å². The Morgan fingerprint density at radius 2 is 1.83 bits per heavy atom. The number of nitrogens with one attached hydrogen (secondary N) is 2. The van der Waals surface area contributed by atoms with Crippen molar-refractivity contribution in [2.45, 2.75) is 44.0 Å². The van der Waals surface area contributed by atoms with E-state index in [-0.39, 0.29) is 36.2 Å². The second-order valence-corrected chi connectivity index (χ2v) is 8.14. The van der Waals surface area contributed by atoms with Gasteiger partial charge in [-0.25, -0.2) is 13.1 Å². The van der Waals surface area contributed by atoms with Crippen LogP contribution in [0.1, 0.15) is 33.6 Å². The Balaban J connectivity index is 0.00000529. The van der Waals surface area contributed by atoms with E-state index in [1.807, 2.05) is 6.92 Å². The Labute approximate surface area is 151 Å². The van der Waals surface area contributed by atoms with Crippen molar-refractivity contribution < 1.29 is 13.2 Å². The highest BCUT2D eigenvalue weighted by atomic mass is 35.5. The summed E-state index contributed by atoms with van der Waals surface area (Å²) in [5, 5.41) is 2.90. The number of rotatable bonds is 9. The van der Waals surface area contributed by atoms with Crippen LogP contribution in [-0.4, -0.2) is 33.0 Å². The third-order valence-electron chi connectivity index (χ3n) is 3.45. The van der Waals surface area contributed by atoms with E-state index in [9.17, 15) is 13.2 Å². The van der Waals surface area contributed by atoms with Gasteiger partial charge >= 0.3 is 0 Å². The molecule has 1 amide bonds. The van der Waals surface area contributed by atoms with E-state index in [1.165, 1.54) is 12.1 Å². The van der Waals surface area contributed by atoms with Gasteiger partial charge in [0.2, 0.25) is 15.9 Å². The van der Waals surface area contributed by atoms with Crippen molar-refractivity contribution in [3.63, 3.8) is 0 Å². The van der Waals surface area contributed by atoms with E-state index < -0.39 is 15.6 Å². The van der Waals surface area contributed by atoms with E-state index in [1.54, 1.807) is 18.2 Å². The lowest BCUT2D eigenvalue weighted by molar-refractivity contribution is -0.122. The lowest BCUT2D eigenvalue weighted by Gasteiger charge is -2.31. The van der Waals surface area contributed by atoms with Gasteiger partial charge in [0.25, 0.3) is 0 Å². The molecule has 4 N–H and O–H groups in total. The molecule has 0 spiro atoms. The molecule has 1 aromatic carbocycles. The van der Waals surface area contributed by atoms with Crippen LogP contribution in [-0.2, 0) is 14.8 Å². The number of amides is 1. The molecule has 24 heavy (non-hydrogen) atoms. The molecule has 0 aliphatic heterocycles. The zero-order valence-corrected chi connectivity index (χ0v) is 16.0. The fourth-order valence-corrected chi connectivity index (χ4v) is 3.52. The molecular weight excluding hydrogens is 350 g/mol. The van der Waals surface area contributed by atoms with Gasteiger partial charge in [0.1, 0.15) is 0 Å². The maximum atomic E-state index is 12.0. The van der Waals surface area contributed by atoms with Gasteiger partial charge in [0.05, 0.1) is 4.90 Å². The summed E-state index contributed by atoms with van der Waals surface area (Å²) in [6, 6.07) is 8.07. The fraction of sp³-hybridized carbons (Fsp3) is 0.562. The Hall–Kier alpha value is -1.15. The van der Waals surface area contributed by atoms with Gasteiger partial charge < -0.3 is 11.1 Å². The number of benzene rings is 1. The van der Waals surface area contributed by atoms with Crippen molar-refractivity contribution in [3.05, 3.63) is 30.3 Å². The van der Waals surface area contributed by atoms with Gasteiger partial charge in [0.15, 0.2) is 0 Å². The Bertz CT molecular complexity index is 608. The standard InChI is InChI=1S/C16H27N3O3S.ClH/c1-13(2)11-16(3,12-17)19-15(20)9-10-18-23(21,22)14-7-5-4-6-8-14;/h4-8,13,18H,9-12,17H2,1-3H3,(H,19,20);1H. The number of hydrogen-bond acceptors (Lipinski definition) is 4. The molecule has 0 bridgehead atoms. The molecule has 1 aromatic rings. The molecule has 138 valence electrons. The Morgan fingerprint density at radius 1 is 1.25 bits per heavy atom. The first kappa shape index (κ1) is 22.9. The van der Waals surface area contributed by atoms with Crippen LogP contribution in [0.25, 0.3) is 0 Å². The zero-order chi connectivity index (χ0) is 17.5. The van der Waals surface area contributed by atoms with E-state index in [0.717, 1.165) is 6.42 Å². The minimum absolute atomic E-state index is 0. The van der Waals surface area contributed by atoms with Crippen LogP contribution in [0.3, 0.4) is 0 Å². The predicted octanol–water partition coefficient (Wildman–Crippen LogP) is 1.66. The summed E-state index contributed by atoms with van der Waals surface area (Å²) in [6.07, 6.45) is 0.838. The number of carbonyl (C=O) groups is 1. The molecule has 8 heteroatoms. The van der Waals surface area contributed by atoms with E-state index in [4.69, 9.17) is 5.73 Å². The highest BCUT2D eigenvalue weighted by Gasteiger charge is 2.25. The Kier molecular flexibility index (Phi) is 9.50. The summed E-state index contributed by atoms with van der Waals surface area (Å²) in [6.45, 7) is 6.42. The fourth-order valence-electron chi connectivity index (χ4n) is 2.47. The zero-order valence-electron chi connectivity index (χ0n) is 14.4. The molecule has 1 rings (SSSR count). The van der Waals surface area contributed by atoms with Crippen LogP contribution >= 0.6 is 12.4 Å². The number of halogens is 1. The summed E-state index contributed by atoms with van der Waals surface area (Å²) < 4.78 is 26.5. The van der Waals surface area contributed by atoms with E-state index in [0.29, 0.717) is 12.5 Å². The average Bonchev–Trinajstić information content (AvgIpc) is 2.47. The summed E-state index contributed by atoms with van der Waals surface area (Å²) in [4.78, 5) is 12.2. The molecule has 1 unspecified atom stereocenters. The molecule has 0 aliphatic rings. The van der Waals surface area contributed by atoms with E-state index >= 15 is 0 Å². The van der Waals surface area contributed by atoms with E-state index in [2.05, 4.69) is 23.9 Å². The number of nitrogens with two attached hydrogens (primary N) is 1. The molecule has 0 heterocycles. The maximum absolute atomic E-state index is 12.0. The minimum atomic E-state index is -3.58. The second kappa shape index (κ2) is 9.98. The molecule has 0 aromatic heterocycles. The van der Waals surface area contributed by atoms with Crippen LogP contribution in [0.2, 0.25) is 0 Å². The van der Waals surface area contributed by atoms with Gasteiger partial charge in [0, 0.05) is 25.0 Å². The molecule has 0 saturated carbocycles. The van der Waals surface area contributed by atoms with Crippen LogP contribution < -0.4 is 15.8 Å². The largest absolute Gasteiger partial charge is 0.350 e. The molecule has 0 radical (unpaired) electrons. The highest BCUT2D eigenvalue weighted by Crippen LogP contribution is 2.15. The lowest BCUT2D eigenvalue weighted by atomic mass is 9.90. The van der Waals surface area contributed by atoms with Gasteiger partial charge in [-0.3, -0.25) is 4.79 Å². The molecule has 0 fully saturated rings. The summed E-state index contributed by atoms with van der Waals surface area (Å²) in [5.74, 6) is 0.190. The van der Waals surface area contributed by atoms with Crippen molar-refractivity contribution in [3.8, 4) is 0 Å². The highest BCUT2D eigenvalue weighted by molar-refractivity contribution is 7.89. The van der Waals surface area contributed by atoms with Crippen LogP contribution in [0.15, 0.2) is 35.2 Å². The summed E-state index contributed by atoms with van der Waals surface area (Å²) >= 11 is 0. The number of sulfonamides is 1. The van der Waals surface area contributed by atoms with Gasteiger partial charge in [-0.1, -0.05) is 32.0 Å². The third-order valence-corrected chi connectivity index (χ3v) is 4.93. The van der Waals surface area contributed by atoms with Crippen molar-refractivity contribution >= 4 is 28.3 Å². The van der Waals surface area contributed by atoms with Crippen LogP contribution in [0.4, 0.5) is 0 Å². The first-order chi connectivity index (χ1) is 10.7. The summed E-state index contributed by atoms with van der Waals surface area (Å²) in [7, 11) is -3.58. The molecule has 1 atom stereocenters. The first-order valence-electron chi connectivity index (χ1n) is 7.74. The van der Waals surface area contributed by atoms with Crippen molar-refractivity contribution in [1.82, 2.24) is 10.0 Å². The van der Waals surface area contributed by atoms with Crippen LogP contribution in [0.5, 0.6) is 0 Å². The first-order valence-corrected chi connectivity index (χ1v) is 9.22. The second-order valence-electron chi connectivity index (χ2n) is 6.37. The van der Waals surface area contributed by atoms with Gasteiger partial charge in [-0.05, 0) is 31.4 Å². The number of carbonyl (C=O) groups excluding carboxylic acids is 1. The minimum Gasteiger partial charge on any atom is -0.350 e. The number of hydrogen-bond donors (Lipinski definition) is 3. The monoisotopic (exact) mass is 377 g/mol. The molecule has 0 aliphatic carbocycles. The normalized spacial score (nSPS) is 13.9. The molecular formula is C16H28ClN3O3S. The third kappa shape index (κ3) is 7.61. The van der Waals surface area contributed by atoms with Gasteiger partial charge in [-0.15, -0.1) is 12.4 Å². The quantitative estimate of drug-likeness (QED) is 0.609. The van der Waals surface area contributed by atoms with Crippen molar-refractivity contribution in [2.24, 2.45) is 11.7 Å². The maximum Gasteiger partial charge on any atom is 0.240 e.